The van der Waals surface area contributed by atoms with E-state index >= 15 is 0 Å². The largest absolute Gasteiger partial charge is 0.462 e. The minimum atomic E-state index is -0.459. The first-order valence-electron chi connectivity index (χ1n) is 7.84. The second-order valence-corrected chi connectivity index (χ2v) is 5.04. The molecule has 2 aromatic heterocycles. The Morgan fingerprint density at radius 2 is 1.80 bits per heavy atom. The maximum absolute atomic E-state index is 12.0. The Balaban J connectivity index is 1.73. The number of aromatic nitrogens is 2. The number of esters is 1. The molecule has 0 amide bonds. The molecule has 3 rings (SSSR count). The normalized spacial score (nSPS) is 10.1. The fraction of sp³-hybridized carbons (Fsp3) is 0.105. The van der Waals surface area contributed by atoms with Crippen molar-refractivity contribution in [2.45, 2.75) is 6.92 Å². The molecule has 0 aliphatic heterocycles. The molecule has 0 spiro atoms. The number of carbonyl (C=O) groups is 1. The summed E-state index contributed by atoms with van der Waals surface area (Å²) >= 11 is 0. The lowest BCUT2D eigenvalue weighted by molar-refractivity contribution is 0.0522. The van der Waals surface area contributed by atoms with Crippen molar-refractivity contribution < 1.29 is 14.3 Å². The van der Waals surface area contributed by atoms with Crippen LogP contribution in [0.3, 0.4) is 0 Å². The molecule has 0 aliphatic rings. The fourth-order valence-corrected chi connectivity index (χ4v) is 2.14. The predicted molar refractivity (Wildman–Crippen MR) is 94.2 cm³/mol. The third-order valence-corrected chi connectivity index (χ3v) is 3.27. The summed E-state index contributed by atoms with van der Waals surface area (Å²) in [5, 5.41) is 3.18. The highest BCUT2D eigenvalue weighted by atomic mass is 16.5. The van der Waals surface area contributed by atoms with Gasteiger partial charge in [-0.1, -0.05) is 6.07 Å². The zero-order valence-corrected chi connectivity index (χ0v) is 13.7. The summed E-state index contributed by atoms with van der Waals surface area (Å²) in [7, 11) is 0. The summed E-state index contributed by atoms with van der Waals surface area (Å²) < 4.78 is 10.7. The Morgan fingerprint density at radius 1 is 1.00 bits per heavy atom. The molecule has 0 bridgehead atoms. The molecule has 1 N–H and O–H groups in total. The van der Waals surface area contributed by atoms with Gasteiger partial charge in [0, 0.05) is 18.1 Å². The number of anilines is 2. The van der Waals surface area contributed by atoms with E-state index in [4.69, 9.17) is 9.47 Å². The van der Waals surface area contributed by atoms with Gasteiger partial charge < -0.3 is 14.8 Å². The number of carbonyl (C=O) groups excluding carboxylic acids is 1. The summed E-state index contributed by atoms with van der Waals surface area (Å²) in [4.78, 5) is 20.3. The van der Waals surface area contributed by atoms with Crippen molar-refractivity contribution in [3.05, 3.63) is 72.6 Å². The second-order valence-electron chi connectivity index (χ2n) is 5.04. The van der Waals surface area contributed by atoms with Crippen LogP contribution in [0.5, 0.6) is 11.6 Å². The molecule has 2 heterocycles. The Bertz CT molecular complexity index is 836. The topological polar surface area (TPSA) is 73.3 Å². The molecule has 1 aromatic carbocycles. The van der Waals surface area contributed by atoms with Crippen molar-refractivity contribution >= 4 is 17.5 Å². The smallest absolute Gasteiger partial charge is 0.343 e. The summed E-state index contributed by atoms with van der Waals surface area (Å²) in [5.41, 5.74) is 1.16. The molecule has 0 saturated heterocycles. The molecule has 0 saturated carbocycles. The van der Waals surface area contributed by atoms with Crippen molar-refractivity contribution in [1.82, 2.24) is 9.97 Å². The van der Waals surface area contributed by atoms with Gasteiger partial charge in [-0.2, -0.15) is 0 Å². The average Bonchev–Trinajstić information content (AvgIpc) is 2.65. The third-order valence-electron chi connectivity index (χ3n) is 3.27. The minimum Gasteiger partial charge on any atom is -0.462 e. The lowest BCUT2D eigenvalue weighted by Crippen LogP contribution is -2.07. The maximum atomic E-state index is 12.0. The van der Waals surface area contributed by atoms with Crippen LogP contribution in [0.2, 0.25) is 0 Å². The predicted octanol–water partition coefficient (Wildman–Crippen LogP) is 4.19. The lowest BCUT2D eigenvalue weighted by atomic mass is 10.2. The van der Waals surface area contributed by atoms with Gasteiger partial charge in [0.15, 0.2) is 0 Å². The molecule has 126 valence electrons. The van der Waals surface area contributed by atoms with Gasteiger partial charge in [0.05, 0.1) is 6.61 Å². The third kappa shape index (κ3) is 4.32. The number of ether oxygens (including phenoxy) is 2. The molecule has 6 heteroatoms. The van der Waals surface area contributed by atoms with Crippen LogP contribution in [-0.4, -0.2) is 22.5 Å². The summed E-state index contributed by atoms with van der Waals surface area (Å²) in [6.07, 6.45) is 3.28. The molecular weight excluding hydrogens is 318 g/mol. The lowest BCUT2D eigenvalue weighted by Gasteiger charge is -2.10. The van der Waals surface area contributed by atoms with Gasteiger partial charge >= 0.3 is 5.97 Å². The van der Waals surface area contributed by atoms with Crippen LogP contribution in [-0.2, 0) is 4.74 Å². The van der Waals surface area contributed by atoms with E-state index in [1.165, 1.54) is 0 Å². The summed E-state index contributed by atoms with van der Waals surface area (Å²) in [6.45, 7) is 2.04. The highest BCUT2D eigenvalue weighted by Crippen LogP contribution is 2.25. The number of hydrogen-bond donors (Lipinski definition) is 1. The van der Waals surface area contributed by atoms with E-state index in [2.05, 4.69) is 15.3 Å². The zero-order valence-electron chi connectivity index (χ0n) is 13.7. The maximum Gasteiger partial charge on any atom is 0.343 e. The monoisotopic (exact) mass is 335 g/mol. The number of rotatable bonds is 6. The van der Waals surface area contributed by atoms with Crippen molar-refractivity contribution in [2.75, 3.05) is 11.9 Å². The molecule has 3 aromatic rings. The van der Waals surface area contributed by atoms with Crippen molar-refractivity contribution in [3.63, 3.8) is 0 Å². The zero-order chi connectivity index (χ0) is 17.5. The van der Waals surface area contributed by atoms with Crippen LogP contribution in [0.1, 0.15) is 17.3 Å². The van der Waals surface area contributed by atoms with Crippen molar-refractivity contribution in [2.24, 2.45) is 0 Å². The number of nitrogens with one attached hydrogen (secondary N) is 1. The number of nitrogens with zero attached hydrogens (tertiary/aromatic N) is 2. The average molecular weight is 335 g/mol. The summed E-state index contributed by atoms with van der Waals surface area (Å²) in [6, 6.07) is 16.2. The molecule has 25 heavy (non-hydrogen) atoms. The van der Waals surface area contributed by atoms with Crippen LogP contribution >= 0.6 is 0 Å². The molecule has 6 nitrogen and oxygen atoms in total. The van der Waals surface area contributed by atoms with Crippen LogP contribution < -0.4 is 10.1 Å². The van der Waals surface area contributed by atoms with Crippen LogP contribution in [0, 0.1) is 0 Å². The van der Waals surface area contributed by atoms with E-state index in [0.29, 0.717) is 17.9 Å². The fourth-order valence-electron chi connectivity index (χ4n) is 2.14. The Hall–Kier alpha value is -3.41. The quantitative estimate of drug-likeness (QED) is 0.681. The molecule has 0 radical (unpaired) electrons. The Morgan fingerprint density at radius 3 is 2.52 bits per heavy atom. The Labute approximate surface area is 145 Å². The van der Waals surface area contributed by atoms with E-state index in [0.717, 1.165) is 11.5 Å². The number of benzene rings is 1. The van der Waals surface area contributed by atoms with E-state index in [1.54, 1.807) is 43.6 Å². The first-order chi connectivity index (χ1) is 12.3. The summed E-state index contributed by atoms with van der Waals surface area (Å²) in [5.74, 6) is 1.08. The first kappa shape index (κ1) is 16.4. The van der Waals surface area contributed by atoms with E-state index in [9.17, 15) is 4.79 Å². The van der Waals surface area contributed by atoms with Crippen molar-refractivity contribution in [3.8, 4) is 11.6 Å². The van der Waals surface area contributed by atoms with Gasteiger partial charge in [0.2, 0.25) is 5.88 Å². The number of pyridine rings is 2. The molecule has 0 fully saturated rings. The van der Waals surface area contributed by atoms with E-state index < -0.39 is 5.97 Å². The highest BCUT2D eigenvalue weighted by molar-refractivity contribution is 5.91. The van der Waals surface area contributed by atoms with Gasteiger partial charge in [-0.15, -0.1) is 0 Å². The SMILES string of the molecule is CCOC(=O)c1cccnc1Oc1ccc(Nc2ccccn2)cc1. The second kappa shape index (κ2) is 7.92. The molecule has 0 unspecified atom stereocenters. The van der Waals surface area contributed by atoms with Crippen LogP contribution in [0.4, 0.5) is 11.5 Å². The van der Waals surface area contributed by atoms with Gasteiger partial charge in [-0.25, -0.2) is 14.8 Å². The van der Waals surface area contributed by atoms with Gasteiger partial charge in [-0.05, 0) is 55.5 Å². The molecule has 0 aliphatic carbocycles. The van der Waals surface area contributed by atoms with Crippen LogP contribution in [0.15, 0.2) is 67.0 Å². The van der Waals surface area contributed by atoms with Gasteiger partial charge in [-0.3, -0.25) is 0 Å². The van der Waals surface area contributed by atoms with Crippen LogP contribution in [0.25, 0.3) is 0 Å². The molecular formula is C19H17N3O3. The van der Waals surface area contributed by atoms with Crippen molar-refractivity contribution in [1.29, 1.82) is 0 Å². The van der Waals surface area contributed by atoms with Gasteiger partial charge in [0.25, 0.3) is 0 Å². The van der Waals surface area contributed by atoms with Gasteiger partial charge in [0.1, 0.15) is 17.1 Å². The van der Waals surface area contributed by atoms with E-state index in [-0.39, 0.29) is 5.88 Å². The minimum absolute atomic E-state index is 0.214. The standard InChI is InChI=1S/C19H17N3O3/c1-2-24-19(23)16-6-5-13-21-18(16)25-15-10-8-14(9-11-15)22-17-7-3-4-12-20-17/h3-13H,2H2,1H3,(H,20,22). The first-order valence-corrected chi connectivity index (χ1v) is 7.84. The highest BCUT2D eigenvalue weighted by Gasteiger charge is 2.15. The Kier molecular flexibility index (Phi) is 5.21. The number of hydrogen-bond acceptors (Lipinski definition) is 6. The molecule has 0 atom stereocenters. The van der Waals surface area contributed by atoms with E-state index in [1.807, 2.05) is 30.3 Å².